The van der Waals surface area contributed by atoms with Crippen molar-refractivity contribution >= 4 is 11.7 Å². The predicted molar refractivity (Wildman–Crippen MR) is 87.2 cm³/mol. The van der Waals surface area contributed by atoms with E-state index in [1.165, 1.54) is 24.3 Å². The monoisotopic (exact) mass is 332 g/mol. The summed E-state index contributed by atoms with van der Waals surface area (Å²) in [7, 11) is 0. The smallest absolute Gasteiger partial charge is 0.338 e. The highest BCUT2D eigenvalue weighted by molar-refractivity contribution is 5.88. The van der Waals surface area contributed by atoms with E-state index in [4.69, 9.17) is 5.11 Å². The first-order chi connectivity index (χ1) is 11.5. The highest BCUT2D eigenvalue weighted by atomic mass is 19.1. The molecule has 0 radical (unpaired) electrons. The average molecular weight is 332 g/mol. The van der Waals surface area contributed by atoms with Crippen molar-refractivity contribution in [2.24, 2.45) is 0 Å². The van der Waals surface area contributed by atoms with Crippen molar-refractivity contribution in [2.45, 2.75) is 6.54 Å². The lowest BCUT2D eigenvalue weighted by Crippen LogP contribution is -2.46. The van der Waals surface area contributed by atoms with E-state index in [2.05, 4.69) is 4.90 Å². The van der Waals surface area contributed by atoms with E-state index in [1.54, 1.807) is 18.2 Å². The lowest BCUT2D eigenvalue weighted by atomic mass is 10.1. The van der Waals surface area contributed by atoms with Crippen LogP contribution in [0.25, 0.3) is 0 Å². The van der Waals surface area contributed by atoms with Crippen molar-refractivity contribution < 1.29 is 18.7 Å². The second-order valence-corrected chi connectivity index (χ2v) is 5.86. The molecule has 4 nitrogen and oxygen atoms in total. The summed E-state index contributed by atoms with van der Waals surface area (Å²) in [6, 6.07) is 10.7. The minimum absolute atomic E-state index is 0.240. The molecule has 0 aromatic heterocycles. The minimum atomic E-state index is -1.26. The third-order valence-electron chi connectivity index (χ3n) is 4.24. The maximum atomic E-state index is 13.8. The maximum Gasteiger partial charge on any atom is 0.338 e. The first kappa shape index (κ1) is 16.4. The third kappa shape index (κ3) is 3.71. The minimum Gasteiger partial charge on any atom is -0.478 e. The lowest BCUT2D eigenvalue weighted by molar-refractivity contribution is 0.0692. The molecule has 1 fully saturated rings. The number of nitrogens with zero attached hydrogens (tertiary/aromatic N) is 2. The van der Waals surface area contributed by atoms with Gasteiger partial charge in [0, 0.05) is 38.4 Å². The molecule has 3 rings (SSSR count). The molecular formula is C18H18F2N2O2. The molecule has 2 aromatic carbocycles. The van der Waals surface area contributed by atoms with Gasteiger partial charge in [0.05, 0.1) is 5.56 Å². The van der Waals surface area contributed by atoms with Crippen molar-refractivity contribution in [1.82, 2.24) is 4.90 Å². The normalized spacial score (nSPS) is 15.5. The van der Waals surface area contributed by atoms with Crippen LogP contribution < -0.4 is 4.90 Å². The number of carbonyl (C=O) groups is 1. The summed E-state index contributed by atoms with van der Waals surface area (Å²) in [5.41, 5.74) is 1.44. The zero-order chi connectivity index (χ0) is 17.1. The van der Waals surface area contributed by atoms with Gasteiger partial charge in [0.15, 0.2) is 0 Å². The molecule has 24 heavy (non-hydrogen) atoms. The van der Waals surface area contributed by atoms with Gasteiger partial charge in [-0.1, -0.05) is 12.1 Å². The second kappa shape index (κ2) is 6.97. The zero-order valence-corrected chi connectivity index (χ0v) is 13.1. The van der Waals surface area contributed by atoms with Gasteiger partial charge in [0.1, 0.15) is 11.6 Å². The van der Waals surface area contributed by atoms with Crippen LogP contribution in [0.3, 0.4) is 0 Å². The molecule has 1 aliphatic heterocycles. The Balaban J connectivity index is 1.59. The van der Waals surface area contributed by atoms with E-state index >= 15 is 0 Å². The second-order valence-electron chi connectivity index (χ2n) is 5.86. The molecule has 0 atom stereocenters. The van der Waals surface area contributed by atoms with Crippen LogP contribution in [-0.2, 0) is 6.54 Å². The van der Waals surface area contributed by atoms with Gasteiger partial charge in [0.2, 0.25) is 0 Å². The van der Waals surface area contributed by atoms with Crippen LogP contribution in [0, 0.1) is 11.6 Å². The Hall–Kier alpha value is -2.47. The predicted octanol–water partition coefficient (Wildman–Crippen LogP) is 2.99. The lowest BCUT2D eigenvalue weighted by Gasteiger charge is -2.36. The van der Waals surface area contributed by atoms with E-state index in [-0.39, 0.29) is 11.4 Å². The highest BCUT2D eigenvalue weighted by Gasteiger charge is 2.19. The number of carboxylic acids is 1. The van der Waals surface area contributed by atoms with Crippen LogP contribution >= 0.6 is 0 Å². The van der Waals surface area contributed by atoms with Gasteiger partial charge in [-0.25, -0.2) is 13.6 Å². The van der Waals surface area contributed by atoms with Crippen LogP contribution in [0.1, 0.15) is 15.9 Å². The fourth-order valence-electron chi connectivity index (χ4n) is 2.89. The standard InChI is InChI=1S/C18H18F2N2O2/c19-14-3-1-13(2-4-14)12-21-7-9-22(10-8-21)15-5-6-16(18(23)24)17(20)11-15/h1-6,11H,7-10,12H2,(H,23,24). The average Bonchev–Trinajstić information content (AvgIpc) is 2.57. The maximum absolute atomic E-state index is 13.8. The number of benzene rings is 2. The van der Waals surface area contributed by atoms with Crippen LogP contribution in [0.2, 0.25) is 0 Å². The van der Waals surface area contributed by atoms with Crippen molar-refractivity contribution in [3.05, 3.63) is 65.2 Å². The van der Waals surface area contributed by atoms with E-state index < -0.39 is 11.8 Å². The van der Waals surface area contributed by atoms with E-state index in [0.717, 1.165) is 38.3 Å². The third-order valence-corrected chi connectivity index (χ3v) is 4.24. The Morgan fingerprint density at radius 2 is 1.67 bits per heavy atom. The number of hydrogen-bond acceptors (Lipinski definition) is 3. The molecule has 0 unspecified atom stereocenters. The van der Waals surface area contributed by atoms with Gasteiger partial charge in [-0.3, -0.25) is 4.90 Å². The highest BCUT2D eigenvalue weighted by Crippen LogP contribution is 2.21. The summed E-state index contributed by atoms with van der Waals surface area (Å²) in [5, 5.41) is 8.88. The van der Waals surface area contributed by atoms with Gasteiger partial charge in [0.25, 0.3) is 0 Å². The van der Waals surface area contributed by atoms with E-state index in [1.807, 2.05) is 4.90 Å². The van der Waals surface area contributed by atoms with E-state index in [9.17, 15) is 13.6 Å². The molecule has 0 spiro atoms. The number of anilines is 1. The van der Waals surface area contributed by atoms with Crippen LogP contribution in [0.5, 0.6) is 0 Å². The molecule has 1 heterocycles. The van der Waals surface area contributed by atoms with Crippen LogP contribution in [0.15, 0.2) is 42.5 Å². The topological polar surface area (TPSA) is 43.8 Å². The van der Waals surface area contributed by atoms with Gasteiger partial charge >= 0.3 is 5.97 Å². The fraction of sp³-hybridized carbons (Fsp3) is 0.278. The number of carboxylic acid groups (broad SMARTS) is 1. The molecule has 126 valence electrons. The summed E-state index contributed by atoms with van der Waals surface area (Å²) in [6.07, 6.45) is 0. The largest absolute Gasteiger partial charge is 0.478 e. The van der Waals surface area contributed by atoms with Crippen LogP contribution in [0.4, 0.5) is 14.5 Å². The molecule has 1 saturated heterocycles. The molecule has 0 amide bonds. The van der Waals surface area contributed by atoms with Crippen molar-refractivity contribution in [2.75, 3.05) is 31.1 Å². The van der Waals surface area contributed by atoms with E-state index in [0.29, 0.717) is 5.69 Å². The molecular weight excluding hydrogens is 314 g/mol. The molecule has 0 aliphatic carbocycles. The summed E-state index contributed by atoms with van der Waals surface area (Å²) >= 11 is 0. The number of aromatic carboxylic acids is 1. The number of hydrogen-bond donors (Lipinski definition) is 1. The van der Waals surface area contributed by atoms with Gasteiger partial charge < -0.3 is 10.0 Å². The molecule has 6 heteroatoms. The van der Waals surface area contributed by atoms with Gasteiger partial charge in [-0.15, -0.1) is 0 Å². The van der Waals surface area contributed by atoms with Crippen molar-refractivity contribution in [1.29, 1.82) is 0 Å². The molecule has 0 bridgehead atoms. The first-order valence-electron chi connectivity index (χ1n) is 7.77. The van der Waals surface area contributed by atoms with Gasteiger partial charge in [-0.2, -0.15) is 0 Å². The number of piperazine rings is 1. The summed E-state index contributed by atoms with van der Waals surface area (Å²) in [6.45, 7) is 3.82. The SMILES string of the molecule is O=C(O)c1ccc(N2CCN(Cc3ccc(F)cc3)CC2)cc1F. The number of halogens is 2. The Morgan fingerprint density at radius 3 is 2.25 bits per heavy atom. The molecule has 1 N–H and O–H groups in total. The molecule has 1 aliphatic rings. The Labute approximate surface area is 138 Å². The molecule has 2 aromatic rings. The van der Waals surface area contributed by atoms with Crippen molar-refractivity contribution in [3.8, 4) is 0 Å². The Morgan fingerprint density at radius 1 is 1.00 bits per heavy atom. The molecule has 0 saturated carbocycles. The quantitative estimate of drug-likeness (QED) is 0.935. The zero-order valence-electron chi connectivity index (χ0n) is 13.1. The van der Waals surface area contributed by atoms with Crippen LogP contribution in [-0.4, -0.2) is 42.2 Å². The Bertz CT molecular complexity index is 726. The fourth-order valence-corrected chi connectivity index (χ4v) is 2.89. The first-order valence-corrected chi connectivity index (χ1v) is 7.77. The summed E-state index contributed by atoms with van der Waals surface area (Å²) in [5.74, 6) is -2.22. The van der Waals surface area contributed by atoms with Gasteiger partial charge in [-0.05, 0) is 35.9 Å². The summed E-state index contributed by atoms with van der Waals surface area (Å²) < 4.78 is 26.7. The number of rotatable bonds is 4. The van der Waals surface area contributed by atoms with Crippen molar-refractivity contribution in [3.63, 3.8) is 0 Å². The Kier molecular flexibility index (Phi) is 4.76. The summed E-state index contributed by atoms with van der Waals surface area (Å²) in [4.78, 5) is 15.2.